The van der Waals surface area contributed by atoms with Crippen LogP contribution in [0, 0.1) is 6.92 Å². The molecule has 7 nitrogen and oxygen atoms in total. The van der Waals surface area contributed by atoms with Crippen LogP contribution < -0.4 is 11.2 Å². The van der Waals surface area contributed by atoms with Crippen LogP contribution in [-0.4, -0.2) is 40.6 Å². The topological polar surface area (TPSA) is 93.5 Å². The van der Waals surface area contributed by atoms with E-state index in [2.05, 4.69) is 4.98 Å². The number of methoxy groups -OCH3 is 1. The van der Waals surface area contributed by atoms with Gasteiger partial charge in [-0.1, -0.05) is 0 Å². The number of aliphatic hydroxyl groups is 1. The number of ether oxygens (including phenoxy) is 2. The highest BCUT2D eigenvalue weighted by molar-refractivity contribution is 5.02. The fraction of sp³-hybridized carbons (Fsp3) is 0.636. The van der Waals surface area contributed by atoms with Gasteiger partial charge >= 0.3 is 5.69 Å². The summed E-state index contributed by atoms with van der Waals surface area (Å²) in [6.07, 6.45) is 0.00378. The van der Waals surface area contributed by atoms with Crippen molar-refractivity contribution in [1.82, 2.24) is 9.55 Å². The minimum Gasteiger partial charge on any atom is -0.390 e. The molecule has 3 atom stereocenters. The van der Waals surface area contributed by atoms with Crippen molar-refractivity contribution < 1.29 is 14.6 Å². The molecule has 0 aliphatic carbocycles. The monoisotopic (exact) mass is 256 g/mol. The lowest BCUT2D eigenvalue weighted by molar-refractivity contribution is -0.0547. The largest absolute Gasteiger partial charge is 0.390 e. The van der Waals surface area contributed by atoms with E-state index in [1.807, 2.05) is 0 Å². The fourth-order valence-electron chi connectivity index (χ4n) is 2.00. The number of hydrogen-bond donors (Lipinski definition) is 2. The molecule has 1 saturated heterocycles. The quantitative estimate of drug-likeness (QED) is 0.734. The van der Waals surface area contributed by atoms with Gasteiger partial charge in [-0.05, 0) is 6.92 Å². The number of aromatic nitrogens is 2. The Kier molecular flexibility index (Phi) is 3.65. The normalized spacial score (nSPS) is 27.6. The molecule has 0 radical (unpaired) electrons. The predicted octanol–water partition coefficient (Wildman–Crippen LogP) is -0.860. The van der Waals surface area contributed by atoms with Crippen molar-refractivity contribution in [2.24, 2.45) is 0 Å². The average Bonchev–Trinajstić information content (AvgIpc) is 2.66. The van der Waals surface area contributed by atoms with E-state index in [-0.39, 0.29) is 6.61 Å². The van der Waals surface area contributed by atoms with Gasteiger partial charge in [0.1, 0.15) is 12.3 Å². The minimum absolute atomic E-state index is 0.259. The van der Waals surface area contributed by atoms with Crippen LogP contribution in [0.5, 0.6) is 0 Å². The highest BCUT2D eigenvalue weighted by Gasteiger charge is 2.35. The maximum absolute atomic E-state index is 11.7. The summed E-state index contributed by atoms with van der Waals surface area (Å²) in [5.74, 6) is 0. The van der Waals surface area contributed by atoms with Crippen LogP contribution in [0.4, 0.5) is 0 Å². The number of nitrogens with zero attached hydrogens (tertiary/aromatic N) is 1. The Morgan fingerprint density at radius 1 is 1.61 bits per heavy atom. The molecule has 1 aromatic heterocycles. The van der Waals surface area contributed by atoms with Gasteiger partial charge in [0.05, 0.1) is 12.7 Å². The molecule has 1 aliphatic heterocycles. The van der Waals surface area contributed by atoms with Crippen LogP contribution >= 0.6 is 0 Å². The molecule has 7 heteroatoms. The Morgan fingerprint density at radius 2 is 2.33 bits per heavy atom. The van der Waals surface area contributed by atoms with E-state index in [0.29, 0.717) is 12.0 Å². The number of rotatable bonds is 3. The first-order chi connectivity index (χ1) is 8.52. The molecule has 100 valence electrons. The summed E-state index contributed by atoms with van der Waals surface area (Å²) in [7, 11) is 1.51. The number of hydrogen-bond acceptors (Lipinski definition) is 5. The Bertz CT molecular complexity index is 535. The van der Waals surface area contributed by atoms with Crippen LogP contribution in [0.15, 0.2) is 15.8 Å². The molecule has 0 saturated carbocycles. The van der Waals surface area contributed by atoms with Crippen LogP contribution in [0.3, 0.4) is 0 Å². The molecule has 2 rings (SSSR count). The third kappa shape index (κ3) is 2.38. The molecule has 0 aromatic carbocycles. The first-order valence-corrected chi connectivity index (χ1v) is 5.67. The molecule has 2 N–H and O–H groups in total. The van der Waals surface area contributed by atoms with E-state index in [1.165, 1.54) is 17.9 Å². The molecule has 0 bridgehead atoms. The summed E-state index contributed by atoms with van der Waals surface area (Å²) in [6, 6.07) is 0. The molecule has 0 amide bonds. The lowest BCUT2D eigenvalue weighted by atomic mass is 10.2. The highest BCUT2D eigenvalue weighted by Crippen LogP contribution is 2.27. The van der Waals surface area contributed by atoms with Gasteiger partial charge in [0.15, 0.2) is 0 Å². The maximum Gasteiger partial charge on any atom is 0.330 e. The predicted molar refractivity (Wildman–Crippen MR) is 62.5 cm³/mol. The molecule has 3 unspecified atom stereocenters. The molecule has 1 aromatic rings. The standard InChI is InChI=1S/C11H16N2O5/c1-6-4-13(11(16)12-10(6)15)9-3-7(14)8(18-9)5-17-2/h4,7-9,14H,3,5H2,1-2H3,(H,12,15,16). The Balaban J connectivity index is 2.26. The lowest BCUT2D eigenvalue weighted by Gasteiger charge is -2.15. The second-order valence-electron chi connectivity index (χ2n) is 4.37. The van der Waals surface area contributed by atoms with Gasteiger partial charge in [0.2, 0.25) is 0 Å². The zero-order valence-corrected chi connectivity index (χ0v) is 10.3. The van der Waals surface area contributed by atoms with Crippen molar-refractivity contribution in [1.29, 1.82) is 0 Å². The fourth-order valence-corrected chi connectivity index (χ4v) is 2.00. The van der Waals surface area contributed by atoms with Gasteiger partial charge in [-0.15, -0.1) is 0 Å². The van der Waals surface area contributed by atoms with Crippen molar-refractivity contribution in [2.75, 3.05) is 13.7 Å². The molecule has 18 heavy (non-hydrogen) atoms. The molecule has 1 fully saturated rings. The van der Waals surface area contributed by atoms with Gasteiger partial charge in [0, 0.05) is 25.3 Å². The number of nitrogens with one attached hydrogen (secondary N) is 1. The van der Waals surface area contributed by atoms with Crippen LogP contribution in [0.2, 0.25) is 0 Å². The molecular weight excluding hydrogens is 240 g/mol. The van der Waals surface area contributed by atoms with E-state index in [9.17, 15) is 14.7 Å². The zero-order valence-electron chi connectivity index (χ0n) is 10.3. The second kappa shape index (κ2) is 5.05. The third-order valence-corrected chi connectivity index (χ3v) is 2.99. The molecule has 1 aliphatic rings. The van der Waals surface area contributed by atoms with Crippen LogP contribution in [-0.2, 0) is 9.47 Å². The van der Waals surface area contributed by atoms with E-state index in [4.69, 9.17) is 9.47 Å². The summed E-state index contributed by atoms with van der Waals surface area (Å²) >= 11 is 0. The number of aryl methyl sites for hydroxylation is 1. The maximum atomic E-state index is 11.7. The van der Waals surface area contributed by atoms with Crippen molar-refractivity contribution >= 4 is 0 Å². The summed E-state index contributed by atoms with van der Waals surface area (Å²) in [4.78, 5) is 25.1. The van der Waals surface area contributed by atoms with E-state index < -0.39 is 29.7 Å². The summed E-state index contributed by atoms with van der Waals surface area (Å²) in [5, 5.41) is 9.77. The van der Waals surface area contributed by atoms with E-state index in [0.717, 1.165) is 0 Å². The zero-order chi connectivity index (χ0) is 13.3. The molecule has 2 heterocycles. The van der Waals surface area contributed by atoms with E-state index >= 15 is 0 Å². The van der Waals surface area contributed by atoms with Gasteiger partial charge in [-0.3, -0.25) is 14.3 Å². The van der Waals surface area contributed by atoms with E-state index in [1.54, 1.807) is 6.92 Å². The van der Waals surface area contributed by atoms with Crippen molar-refractivity contribution in [3.8, 4) is 0 Å². The second-order valence-corrected chi connectivity index (χ2v) is 4.37. The van der Waals surface area contributed by atoms with Crippen molar-refractivity contribution in [3.63, 3.8) is 0 Å². The van der Waals surface area contributed by atoms with Gasteiger partial charge in [-0.2, -0.15) is 0 Å². The molecule has 0 spiro atoms. The Morgan fingerprint density at radius 3 is 3.00 bits per heavy atom. The number of H-pyrrole nitrogens is 1. The minimum atomic E-state index is -0.686. The highest BCUT2D eigenvalue weighted by atomic mass is 16.6. The number of aromatic amines is 1. The summed E-state index contributed by atoms with van der Waals surface area (Å²) in [5.41, 5.74) is -0.535. The first kappa shape index (κ1) is 13.0. The smallest absolute Gasteiger partial charge is 0.330 e. The van der Waals surface area contributed by atoms with Crippen LogP contribution in [0.1, 0.15) is 18.2 Å². The average molecular weight is 256 g/mol. The SMILES string of the molecule is COCC1OC(n2cc(C)c(=O)[nH]c2=O)CC1O. The number of aliphatic hydroxyl groups excluding tert-OH is 1. The lowest BCUT2D eigenvalue weighted by Crippen LogP contribution is -2.33. The Hall–Kier alpha value is -1.44. The summed E-state index contributed by atoms with van der Waals surface area (Å²) in [6.45, 7) is 1.86. The van der Waals surface area contributed by atoms with Crippen LogP contribution in [0.25, 0.3) is 0 Å². The molecular formula is C11H16N2O5. The van der Waals surface area contributed by atoms with Gasteiger partial charge < -0.3 is 14.6 Å². The van der Waals surface area contributed by atoms with Crippen molar-refractivity contribution in [2.45, 2.75) is 31.8 Å². The van der Waals surface area contributed by atoms with Gasteiger partial charge in [-0.25, -0.2) is 4.79 Å². The Labute approximate surface area is 103 Å². The summed E-state index contributed by atoms with van der Waals surface area (Å²) < 4.78 is 11.8. The van der Waals surface area contributed by atoms with Crippen molar-refractivity contribution in [3.05, 3.63) is 32.6 Å². The van der Waals surface area contributed by atoms with Gasteiger partial charge in [0.25, 0.3) is 5.56 Å². The third-order valence-electron chi connectivity index (χ3n) is 2.99. The first-order valence-electron chi connectivity index (χ1n) is 5.67.